The number of ether oxygens (including phenoxy) is 2. The van der Waals surface area contributed by atoms with Gasteiger partial charge in [0.25, 0.3) is 0 Å². The Kier molecular flexibility index (Phi) is 4.51. The number of amides is 1. The lowest BCUT2D eigenvalue weighted by molar-refractivity contribution is 0.0635. The van der Waals surface area contributed by atoms with Gasteiger partial charge in [0.15, 0.2) is 5.13 Å². The summed E-state index contributed by atoms with van der Waals surface area (Å²) in [5.74, 6) is -0.0137. The molecule has 0 saturated heterocycles. The third-order valence-electron chi connectivity index (χ3n) is 3.03. The van der Waals surface area contributed by atoms with Crippen LogP contribution < -0.4 is 10.1 Å². The van der Waals surface area contributed by atoms with Crippen LogP contribution in [0, 0.1) is 0 Å². The minimum Gasteiger partial charge on any atom is -0.449 e. The molecule has 0 radical (unpaired) electrons. The predicted molar refractivity (Wildman–Crippen MR) is 94.8 cm³/mol. The Hall–Kier alpha value is -3.14. The molecule has 0 aliphatic rings. The summed E-state index contributed by atoms with van der Waals surface area (Å²) in [7, 11) is 0. The molecule has 0 unspecified atom stereocenters. The first kappa shape index (κ1) is 17.7. The second kappa shape index (κ2) is 6.64. The van der Waals surface area contributed by atoms with E-state index >= 15 is 0 Å². The largest absolute Gasteiger partial charge is 0.512 e. The average Bonchev–Trinajstić information content (AvgIpc) is 3.09. The molecule has 0 aliphatic carbocycles. The number of imidazole rings is 1. The summed E-state index contributed by atoms with van der Waals surface area (Å²) in [6, 6.07) is 3.50. The number of fused-ring (bicyclic) bond motifs is 1. The lowest BCUT2D eigenvalue weighted by atomic mass is 10.2. The molecule has 0 bridgehead atoms. The number of anilines is 1. The Morgan fingerprint density at radius 3 is 2.69 bits per heavy atom. The molecular formula is C16H16N4O5S. The van der Waals surface area contributed by atoms with Gasteiger partial charge in [0.2, 0.25) is 5.88 Å². The SMILES string of the molecule is CC(C)(C)OC(=O)Nc1nc(-c2ccc3nc(OC(=O)O)cn3c2)cs1. The van der Waals surface area contributed by atoms with Gasteiger partial charge in [-0.2, -0.15) is 4.98 Å². The lowest BCUT2D eigenvalue weighted by Gasteiger charge is -2.18. The molecule has 9 nitrogen and oxygen atoms in total. The number of thiazole rings is 1. The van der Waals surface area contributed by atoms with E-state index in [2.05, 4.69) is 20.0 Å². The highest BCUT2D eigenvalue weighted by Crippen LogP contribution is 2.26. The van der Waals surface area contributed by atoms with Crippen LogP contribution in [0.25, 0.3) is 16.9 Å². The van der Waals surface area contributed by atoms with E-state index in [9.17, 15) is 9.59 Å². The highest BCUT2D eigenvalue weighted by molar-refractivity contribution is 7.14. The summed E-state index contributed by atoms with van der Waals surface area (Å²) in [5.41, 5.74) is 1.36. The summed E-state index contributed by atoms with van der Waals surface area (Å²) >= 11 is 1.27. The van der Waals surface area contributed by atoms with Crippen molar-refractivity contribution in [3.63, 3.8) is 0 Å². The third kappa shape index (κ3) is 4.28. The number of carboxylic acid groups (broad SMARTS) is 1. The van der Waals surface area contributed by atoms with Crippen LogP contribution in [-0.4, -0.2) is 37.3 Å². The van der Waals surface area contributed by atoms with Crippen molar-refractivity contribution in [2.45, 2.75) is 26.4 Å². The van der Waals surface area contributed by atoms with E-state index in [1.54, 1.807) is 48.9 Å². The maximum Gasteiger partial charge on any atom is 0.512 e. The Bertz CT molecular complexity index is 973. The highest BCUT2D eigenvalue weighted by atomic mass is 32.1. The fourth-order valence-corrected chi connectivity index (χ4v) is 2.82. The number of nitrogens with zero attached hydrogens (tertiary/aromatic N) is 3. The maximum atomic E-state index is 11.8. The van der Waals surface area contributed by atoms with Crippen LogP contribution in [-0.2, 0) is 4.74 Å². The summed E-state index contributed by atoms with van der Waals surface area (Å²) in [6.45, 7) is 5.34. The van der Waals surface area contributed by atoms with Gasteiger partial charge in [-0.3, -0.25) is 5.32 Å². The van der Waals surface area contributed by atoms with Crippen LogP contribution in [0.15, 0.2) is 29.9 Å². The maximum absolute atomic E-state index is 11.8. The first-order chi connectivity index (χ1) is 12.2. The van der Waals surface area contributed by atoms with Gasteiger partial charge in [0.1, 0.15) is 11.2 Å². The number of aromatic nitrogens is 3. The van der Waals surface area contributed by atoms with Gasteiger partial charge in [-0.25, -0.2) is 14.6 Å². The van der Waals surface area contributed by atoms with Gasteiger partial charge in [0.05, 0.1) is 11.9 Å². The van der Waals surface area contributed by atoms with E-state index in [0.29, 0.717) is 16.5 Å². The Morgan fingerprint density at radius 1 is 1.23 bits per heavy atom. The fourth-order valence-electron chi connectivity index (χ4n) is 2.11. The molecule has 0 atom stereocenters. The Balaban J connectivity index is 1.78. The number of hydrogen-bond acceptors (Lipinski definition) is 7. The van der Waals surface area contributed by atoms with Crippen molar-refractivity contribution >= 4 is 34.4 Å². The molecular weight excluding hydrogens is 360 g/mol. The number of carbonyl (C=O) groups excluding carboxylic acids is 1. The van der Waals surface area contributed by atoms with Gasteiger partial charge in [0, 0.05) is 17.1 Å². The van der Waals surface area contributed by atoms with Crippen molar-refractivity contribution in [3.8, 4) is 17.1 Å². The van der Waals surface area contributed by atoms with Crippen molar-refractivity contribution in [3.05, 3.63) is 29.9 Å². The van der Waals surface area contributed by atoms with E-state index < -0.39 is 17.8 Å². The van der Waals surface area contributed by atoms with Crippen molar-refractivity contribution in [2.75, 3.05) is 5.32 Å². The van der Waals surface area contributed by atoms with Gasteiger partial charge < -0.3 is 19.0 Å². The van der Waals surface area contributed by atoms with E-state index in [1.807, 2.05) is 0 Å². The van der Waals surface area contributed by atoms with Crippen LogP contribution in [0.2, 0.25) is 0 Å². The molecule has 10 heteroatoms. The van der Waals surface area contributed by atoms with Crippen molar-refractivity contribution in [2.24, 2.45) is 0 Å². The number of nitrogens with one attached hydrogen (secondary N) is 1. The normalized spacial score (nSPS) is 11.3. The molecule has 3 rings (SSSR count). The van der Waals surface area contributed by atoms with E-state index in [0.717, 1.165) is 5.56 Å². The second-order valence-electron chi connectivity index (χ2n) is 6.30. The first-order valence-corrected chi connectivity index (χ1v) is 8.43. The molecule has 0 spiro atoms. The zero-order chi connectivity index (χ0) is 18.9. The molecule has 0 aliphatic heterocycles. The van der Waals surface area contributed by atoms with E-state index in [4.69, 9.17) is 9.84 Å². The van der Waals surface area contributed by atoms with E-state index in [-0.39, 0.29) is 5.88 Å². The number of rotatable bonds is 3. The Morgan fingerprint density at radius 2 is 2.00 bits per heavy atom. The summed E-state index contributed by atoms with van der Waals surface area (Å²) < 4.78 is 11.4. The summed E-state index contributed by atoms with van der Waals surface area (Å²) in [6.07, 6.45) is 1.20. The molecule has 26 heavy (non-hydrogen) atoms. The number of hydrogen-bond donors (Lipinski definition) is 2. The minimum absolute atomic E-state index is 0.0137. The summed E-state index contributed by atoms with van der Waals surface area (Å²) in [4.78, 5) is 30.8. The van der Waals surface area contributed by atoms with Gasteiger partial charge in [-0.05, 0) is 32.9 Å². The predicted octanol–water partition coefficient (Wildman–Crippen LogP) is 3.86. The fraction of sp³-hybridized carbons (Fsp3) is 0.250. The average molecular weight is 376 g/mol. The molecule has 3 aromatic rings. The number of carbonyl (C=O) groups is 2. The van der Waals surface area contributed by atoms with Crippen molar-refractivity contribution in [1.82, 2.24) is 14.4 Å². The Labute approximate surface area is 152 Å². The topological polar surface area (TPSA) is 115 Å². The standard InChI is InChI=1S/C16H16N4O5S/c1-16(2,3)25-14(21)19-13-17-10(8-26-13)9-4-5-11-18-12(24-15(22)23)7-20(11)6-9/h4-8H,1-3H3,(H,22,23)(H,17,19,21). The first-order valence-electron chi connectivity index (χ1n) is 7.55. The van der Waals surface area contributed by atoms with Crippen molar-refractivity contribution < 1.29 is 24.2 Å². The lowest BCUT2D eigenvalue weighted by Crippen LogP contribution is -2.27. The van der Waals surface area contributed by atoms with Gasteiger partial charge in [-0.1, -0.05) is 0 Å². The number of pyridine rings is 1. The third-order valence-corrected chi connectivity index (χ3v) is 3.79. The van der Waals surface area contributed by atoms with Crippen LogP contribution in [0.1, 0.15) is 20.8 Å². The molecule has 0 aromatic carbocycles. The minimum atomic E-state index is -1.43. The molecule has 2 N–H and O–H groups in total. The van der Waals surface area contributed by atoms with Crippen LogP contribution in [0.3, 0.4) is 0 Å². The quantitative estimate of drug-likeness (QED) is 0.667. The molecule has 3 aromatic heterocycles. The van der Waals surface area contributed by atoms with Crippen molar-refractivity contribution in [1.29, 1.82) is 0 Å². The molecule has 3 heterocycles. The van der Waals surface area contributed by atoms with Gasteiger partial charge in [-0.15, -0.1) is 11.3 Å². The molecule has 0 fully saturated rings. The smallest absolute Gasteiger partial charge is 0.449 e. The summed E-state index contributed by atoms with van der Waals surface area (Å²) in [5, 5.41) is 13.4. The molecule has 136 valence electrons. The van der Waals surface area contributed by atoms with Crippen LogP contribution in [0.4, 0.5) is 14.7 Å². The molecule has 1 amide bonds. The highest BCUT2D eigenvalue weighted by Gasteiger charge is 2.17. The monoisotopic (exact) mass is 376 g/mol. The zero-order valence-electron chi connectivity index (χ0n) is 14.2. The van der Waals surface area contributed by atoms with Gasteiger partial charge >= 0.3 is 12.2 Å². The van der Waals surface area contributed by atoms with E-state index in [1.165, 1.54) is 17.5 Å². The molecule has 0 saturated carbocycles. The van der Waals surface area contributed by atoms with Crippen LogP contribution >= 0.6 is 11.3 Å². The zero-order valence-corrected chi connectivity index (χ0v) is 15.0. The van der Waals surface area contributed by atoms with Crippen LogP contribution in [0.5, 0.6) is 5.88 Å². The second-order valence-corrected chi connectivity index (χ2v) is 7.15.